The van der Waals surface area contributed by atoms with E-state index < -0.39 is 0 Å². The molecule has 2 nitrogen and oxygen atoms in total. The van der Waals surface area contributed by atoms with Crippen molar-refractivity contribution in [2.75, 3.05) is 25.4 Å². The minimum atomic E-state index is 0.377. The van der Waals surface area contributed by atoms with E-state index in [4.69, 9.17) is 5.73 Å². The van der Waals surface area contributed by atoms with Crippen molar-refractivity contribution in [2.45, 2.75) is 25.2 Å². The normalized spacial score (nSPS) is 29.4. The maximum Gasteiger partial charge on any atom is 0.0316 e. The SMILES string of the molecule is CC1C2CN(CCCc3ccccc3)CC12c1cccc(N)c1. The van der Waals surface area contributed by atoms with Gasteiger partial charge in [0.1, 0.15) is 0 Å². The highest BCUT2D eigenvalue weighted by Crippen LogP contribution is 2.63. The topological polar surface area (TPSA) is 29.3 Å². The van der Waals surface area contributed by atoms with Gasteiger partial charge in [-0.25, -0.2) is 0 Å². The Morgan fingerprint density at radius 3 is 2.74 bits per heavy atom. The minimum Gasteiger partial charge on any atom is -0.399 e. The summed E-state index contributed by atoms with van der Waals surface area (Å²) >= 11 is 0. The Balaban J connectivity index is 1.38. The number of nitrogen functional groups attached to an aromatic ring is 1. The molecule has 2 aromatic carbocycles. The lowest BCUT2D eigenvalue weighted by atomic mass is 9.92. The summed E-state index contributed by atoms with van der Waals surface area (Å²) < 4.78 is 0. The van der Waals surface area contributed by atoms with E-state index in [-0.39, 0.29) is 0 Å². The standard InChI is InChI=1S/C21H26N2/c1-16-20-14-23(12-6-9-17-7-3-2-4-8-17)15-21(16,20)18-10-5-11-19(22)13-18/h2-5,7-8,10-11,13,16,20H,6,9,12,14-15,22H2,1H3. The zero-order valence-corrected chi connectivity index (χ0v) is 13.9. The molecule has 2 aromatic rings. The number of aryl methyl sites for hydroxylation is 1. The summed E-state index contributed by atoms with van der Waals surface area (Å²) in [5, 5.41) is 0. The van der Waals surface area contributed by atoms with Crippen molar-refractivity contribution < 1.29 is 0 Å². The van der Waals surface area contributed by atoms with E-state index in [1.54, 1.807) is 0 Å². The summed E-state index contributed by atoms with van der Waals surface area (Å²) in [6.45, 7) is 6.08. The van der Waals surface area contributed by atoms with Gasteiger partial charge in [-0.05, 0) is 54.5 Å². The molecule has 2 aliphatic rings. The fourth-order valence-electron chi connectivity index (χ4n) is 4.74. The van der Waals surface area contributed by atoms with Crippen LogP contribution in [-0.4, -0.2) is 24.5 Å². The molecule has 23 heavy (non-hydrogen) atoms. The summed E-state index contributed by atoms with van der Waals surface area (Å²) in [4.78, 5) is 2.66. The predicted molar refractivity (Wildman–Crippen MR) is 96.4 cm³/mol. The van der Waals surface area contributed by atoms with Crippen LogP contribution in [0.1, 0.15) is 24.5 Å². The number of rotatable bonds is 5. The number of fused-ring (bicyclic) bond motifs is 1. The molecule has 0 radical (unpaired) electrons. The van der Waals surface area contributed by atoms with Gasteiger partial charge in [-0.15, -0.1) is 0 Å². The van der Waals surface area contributed by atoms with Gasteiger partial charge in [0, 0.05) is 24.2 Å². The van der Waals surface area contributed by atoms with Crippen molar-refractivity contribution in [1.29, 1.82) is 0 Å². The van der Waals surface area contributed by atoms with Crippen LogP contribution in [-0.2, 0) is 11.8 Å². The van der Waals surface area contributed by atoms with Crippen LogP contribution in [0.5, 0.6) is 0 Å². The fourth-order valence-corrected chi connectivity index (χ4v) is 4.74. The summed E-state index contributed by atoms with van der Waals surface area (Å²) in [6, 6.07) is 19.4. The molecule has 3 atom stereocenters. The maximum absolute atomic E-state index is 6.01. The number of nitrogens with zero attached hydrogens (tertiary/aromatic N) is 1. The first-order valence-corrected chi connectivity index (χ1v) is 8.82. The molecule has 1 aliphatic carbocycles. The Kier molecular flexibility index (Phi) is 3.65. The van der Waals surface area contributed by atoms with E-state index in [9.17, 15) is 0 Å². The maximum atomic E-state index is 6.01. The molecule has 3 unspecified atom stereocenters. The molecule has 2 heteroatoms. The number of anilines is 1. The molecule has 2 N–H and O–H groups in total. The third kappa shape index (κ3) is 2.55. The molecule has 120 valence electrons. The van der Waals surface area contributed by atoms with Crippen LogP contribution < -0.4 is 5.73 Å². The van der Waals surface area contributed by atoms with E-state index in [0.717, 1.165) is 17.5 Å². The van der Waals surface area contributed by atoms with Gasteiger partial charge in [-0.1, -0.05) is 49.4 Å². The van der Waals surface area contributed by atoms with Gasteiger partial charge in [-0.2, -0.15) is 0 Å². The Bertz CT molecular complexity index is 681. The highest BCUT2D eigenvalue weighted by molar-refractivity contribution is 5.48. The van der Waals surface area contributed by atoms with Gasteiger partial charge in [-0.3, -0.25) is 0 Å². The largest absolute Gasteiger partial charge is 0.399 e. The number of nitrogens with two attached hydrogens (primary N) is 1. The lowest BCUT2D eigenvalue weighted by Crippen LogP contribution is -2.30. The monoisotopic (exact) mass is 306 g/mol. The Morgan fingerprint density at radius 1 is 1.13 bits per heavy atom. The van der Waals surface area contributed by atoms with Gasteiger partial charge in [0.05, 0.1) is 0 Å². The second-order valence-electron chi connectivity index (χ2n) is 7.39. The molecule has 0 aromatic heterocycles. The third-order valence-corrected chi connectivity index (χ3v) is 6.12. The smallest absolute Gasteiger partial charge is 0.0316 e. The fraction of sp³-hybridized carbons (Fsp3) is 0.429. The quantitative estimate of drug-likeness (QED) is 0.853. The summed E-state index contributed by atoms with van der Waals surface area (Å²) in [5.74, 6) is 1.62. The van der Waals surface area contributed by atoms with Crippen molar-refractivity contribution in [1.82, 2.24) is 4.90 Å². The van der Waals surface area contributed by atoms with E-state index in [2.05, 4.69) is 60.4 Å². The highest BCUT2D eigenvalue weighted by Gasteiger charge is 2.66. The van der Waals surface area contributed by atoms with E-state index in [1.807, 2.05) is 6.07 Å². The van der Waals surface area contributed by atoms with Crippen LogP contribution in [0.2, 0.25) is 0 Å². The third-order valence-electron chi connectivity index (χ3n) is 6.12. The number of hydrogen-bond donors (Lipinski definition) is 1. The molecule has 2 fully saturated rings. The zero-order valence-electron chi connectivity index (χ0n) is 13.9. The Labute approximate surface area is 139 Å². The lowest BCUT2D eigenvalue weighted by molar-refractivity contribution is 0.277. The molecule has 0 spiro atoms. The molecule has 0 bridgehead atoms. The van der Waals surface area contributed by atoms with E-state index in [1.165, 1.54) is 43.6 Å². The van der Waals surface area contributed by atoms with Crippen molar-refractivity contribution >= 4 is 5.69 Å². The molecular weight excluding hydrogens is 280 g/mol. The second kappa shape index (κ2) is 5.68. The molecular formula is C21H26N2. The average Bonchev–Trinajstić information content (AvgIpc) is 2.94. The van der Waals surface area contributed by atoms with Crippen LogP contribution in [0, 0.1) is 11.8 Å². The van der Waals surface area contributed by atoms with Crippen molar-refractivity contribution in [2.24, 2.45) is 11.8 Å². The zero-order chi connectivity index (χ0) is 15.9. The first-order valence-electron chi connectivity index (χ1n) is 8.82. The van der Waals surface area contributed by atoms with Crippen LogP contribution in [0.15, 0.2) is 54.6 Å². The Morgan fingerprint density at radius 2 is 1.96 bits per heavy atom. The van der Waals surface area contributed by atoms with Gasteiger partial charge in [0.15, 0.2) is 0 Å². The van der Waals surface area contributed by atoms with E-state index in [0.29, 0.717) is 5.41 Å². The first kappa shape index (κ1) is 14.8. The number of benzene rings is 2. The Hall–Kier alpha value is -1.80. The van der Waals surface area contributed by atoms with Crippen LogP contribution in [0.25, 0.3) is 0 Å². The van der Waals surface area contributed by atoms with Crippen molar-refractivity contribution in [3.8, 4) is 0 Å². The number of hydrogen-bond acceptors (Lipinski definition) is 2. The molecule has 0 amide bonds. The number of likely N-dealkylation sites (tertiary alicyclic amines) is 1. The average molecular weight is 306 g/mol. The minimum absolute atomic E-state index is 0.377. The molecule has 1 saturated heterocycles. The van der Waals surface area contributed by atoms with Crippen LogP contribution in [0.4, 0.5) is 5.69 Å². The summed E-state index contributed by atoms with van der Waals surface area (Å²) in [6.07, 6.45) is 2.43. The van der Waals surface area contributed by atoms with Crippen LogP contribution >= 0.6 is 0 Å². The second-order valence-corrected chi connectivity index (χ2v) is 7.39. The molecule has 1 aliphatic heterocycles. The van der Waals surface area contributed by atoms with Crippen molar-refractivity contribution in [3.63, 3.8) is 0 Å². The molecule has 4 rings (SSSR count). The highest BCUT2D eigenvalue weighted by atomic mass is 15.2. The van der Waals surface area contributed by atoms with Gasteiger partial charge in [0.2, 0.25) is 0 Å². The summed E-state index contributed by atoms with van der Waals surface area (Å²) in [7, 11) is 0. The van der Waals surface area contributed by atoms with Gasteiger partial charge in [0.25, 0.3) is 0 Å². The number of piperidine rings is 1. The van der Waals surface area contributed by atoms with E-state index >= 15 is 0 Å². The lowest BCUT2D eigenvalue weighted by Gasteiger charge is -2.23. The van der Waals surface area contributed by atoms with Gasteiger partial charge < -0.3 is 10.6 Å². The van der Waals surface area contributed by atoms with Gasteiger partial charge >= 0.3 is 0 Å². The predicted octanol–water partition coefficient (Wildman–Crippen LogP) is 3.72. The van der Waals surface area contributed by atoms with Crippen LogP contribution in [0.3, 0.4) is 0 Å². The van der Waals surface area contributed by atoms with Crippen molar-refractivity contribution in [3.05, 3.63) is 65.7 Å². The molecule has 1 heterocycles. The molecule has 1 saturated carbocycles. The first-order chi connectivity index (χ1) is 11.2. The summed E-state index contributed by atoms with van der Waals surface area (Å²) in [5.41, 5.74) is 10.2.